The fourth-order valence-electron chi connectivity index (χ4n) is 3.94. The van der Waals surface area contributed by atoms with Crippen LogP contribution in [0.3, 0.4) is 0 Å². The van der Waals surface area contributed by atoms with E-state index in [9.17, 15) is 5.11 Å². The summed E-state index contributed by atoms with van der Waals surface area (Å²) in [4.78, 5) is 13.0. The monoisotopic (exact) mass is 393 g/mol. The molecule has 0 atom stereocenters. The summed E-state index contributed by atoms with van der Waals surface area (Å²) in [5, 5.41) is 17.9. The molecule has 0 amide bonds. The van der Waals surface area contributed by atoms with Crippen LogP contribution in [-0.2, 0) is 4.74 Å². The number of hydrogen-bond acceptors (Lipinski definition) is 7. The van der Waals surface area contributed by atoms with Gasteiger partial charge in [-0.25, -0.2) is 9.97 Å². The number of anilines is 1. The first kappa shape index (κ1) is 19.5. The molecule has 0 spiro atoms. The van der Waals surface area contributed by atoms with Crippen LogP contribution in [0.25, 0.3) is 22.0 Å². The lowest BCUT2D eigenvalue weighted by Gasteiger charge is -2.30. The van der Waals surface area contributed by atoms with E-state index < -0.39 is 0 Å². The maximum Gasteiger partial charge on any atom is 0.137 e. The number of aromatic nitrogens is 3. The topological polar surface area (TPSA) is 92.2 Å². The number of aromatic hydroxyl groups is 1. The van der Waals surface area contributed by atoms with Gasteiger partial charge >= 0.3 is 0 Å². The molecule has 1 aliphatic rings. The number of ether oxygens (including phenoxy) is 1. The molecule has 1 fully saturated rings. The van der Waals surface area contributed by atoms with Gasteiger partial charge in [0.2, 0.25) is 0 Å². The van der Waals surface area contributed by atoms with Crippen LogP contribution in [0.15, 0.2) is 43.0 Å². The van der Waals surface area contributed by atoms with Gasteiger partial charge in [-0.2, -0.15) is 0 Å². The molecule has 0 aliphatic heterocycles. The average molecular weight is 393 g/mol. The van der Waals surface area contributed by atoms with E-state index in [-0.39, 0.29) is 5.75 Å². The van der Waals surface area contributed by atoms with Crippen LogP contribution in [0.1, 0.15) is 25.7 Å². The van der Waals surface area contributed by atoms with Gasteiger partial charge in [0.15, 0.2) is 0 Å². The van der Waals surface area contributed by atoms with Crippen LogP contribution in [0, 0.1) is 0 Å². The molecule has 1 saturated carbocycles. The predicted molar refractivity (Wildman–Crippen MR) is 114 cm³/mol. The highest BCUT2D eigenvalue weighted by atomic mass is 16.5. The van der Waals surface area contributed by atoms with E-state index >= 15 is 0 Å². The molecule has 2 heterocycles. The van der Waals surface area contributed by atoms with Gasteiger partial charge in [-0.05, 0) is 49.4 Å². The Morgan fingerprint density at radius 3 is 2.66 bits per heavy atom. The van der Waals surface area contributed by atoms with Gasteiger partial charge in [-0.3, -0.25) is 4.98 Å². The molecular formula is C22H27N5O2. The van der Waals surface area contributed by atoms with E-state index in [4.69, 9.17) is 4.74 Å². The molecule has 1 aromatic carbocycles. The largest absolute Gasteiger partial charge is 0.506 e. The second-order valence-corrected chi connectivity index (χ2v) is 7.53. The molecule has 0 bridgehead atoms. The summed E-state index contributed by atoms with van der Waals surface area (Å²) in [5.74, 6) is 1.02. The molecule has 29 heavy (non-hydrogen) atoms. The van der Waals surface area contributed by atoms with Crippen molar-refractivity contribution in [2.24, 2.45) is 0 Å². The molecule has 0 radical (unpaired) electrons. The van der Waals surface area contributed by atoms with Crippen molar-refractivity contribution < 1.29 is 9.84 Å². The van der Waals surface area contributed by atoms with Crippen molar-refractivity contribution in [1.82, 2.24) is 20.3 Å². The molecule has 7 nitrogen and oxygen atoms in total. The zero-order valence-corrected chi connectivity index (χ0v) is 16.6. The summed E-state index contributed by atoms with van der Waals surface area (Å²) in [6.07, 6.45) is 9.28. The third-order valence-corrected chi connectivity index (χ3v) is 5.50. The van der Waals surface area contributed by atoms with Crippen molar-refractivity contribution >= 4 is 16.7 Å². The van der Waals surface area contributed by atoms with Crippen LogP contribution in [0.2, 0.25) is 0 Å². The Morgan fingerprint density at radius 2 is 1.86 bits per heavy atom. The molecule has 3 aromatic rings. The molecule has 7 heteroatoms. The smallest absolute Gasteiger partial charge is 0.137 e. The summed E-state index contributed by atoms with van der Waals surface area (Å²) < 4.78 is 5.12. The predicted octanol–water partition coefficient (Wildman–Crippen LogP) is 3.36. The summed E-state index contributed by atoms with van der Waals surface area (Å²) in [6.45, 7) is 1.66. The lowest BCUT2D eigenvalue weighted by atomic mass is 9.91. The second-order valence-electron chi connectivity index (χ2n) is 7.53. The Balaban J connectivity index is 1.48. The van der Waals surface area contributed by atoms with Crippen molar-refractivity contribution in [3.05, 3.63) is 43.0 Å². The fourth-order valence-corrected chi connectivity index (χ4v) is 3.94. The number of benzene rings is 1. The Hall–Kier alpha value is -2.77. The van der Waals surface area contributed by atoms with E-state index in [1.807, 2.05) is 12.1 Å². The minimum Gasteiger partial charge on any atom is -0.506 e. The molecule has 1 aliphatic carbocycles. The van der Waals surface area contributed by atoms with Crippen LogP contribution in [0.5, 0.6) is 5.75 Å². The SMILES string of the molecule is COCCN[C@H]1CC[C@H](Nc2ncnc3ccc(-c4cncc(O)c4)cc23)CC1. The highest BCUT2D eigenvalue weighted by molar-refractivity contribution is 5.92. The van der Waals surface area contributed by atoms with E-state index in [2.05, 4.69) is 31.7 Å². The summed E-state index contributed by atoms with van der Waals surface area (Å²) >= 11 is 0. The van der Waals surface area contributed by atoms with Crippen molar-refractivity contribution in [2.75, 3.05) is 25.6 Å². The summed E-state index contributed by atoms with van der Waals surface area (Å²) in [6, 6.07) is 8.72. The molecular weight excluding hydrogens is 366 g/mol. The first-order chi connectivity index (χ1) is 14.2. The van der Waals surface area contributed by atoms with Crippen molar-refractivity contribution in [3.8, 4) is 16.9 Å². The Morgan fingerprint density at radius 1 is 1.03 bits per heavy atom. The van der Waals surface area contributed by atoms with E-state index in [0.717, 1.165) is 66.7 Å². The van der Waals surface area contributed by atoms with E-state index in [1.165, 1.54) is 6.20 Å². The highest BCUT2D eigenvalue weighted by Gasteiger charge is 2.21. The Bertz CT molecular complexity index is 957. The van der Waals surface area contributed by atoms with Gasteiger partial charge in [0.05, 0.1) is 18.3 Å². The molecule has 3 N–H and O–H groups in total. The number of pyridine rings is 1. The van der Waals surface area contributed by atoms with Crippen LogP contribution >= 0.6 is 0 Å². The lowest BCUT2D eigenvalue weighted by molar-refractivity contribution is 0.191. The highest BCUT2D eigenvalue weighted by Crippen LogP contribution is 2.29. The van der Waals surface area contributed by atoms with Crippen LogP contribution < -0.4 is 10.6 Å². The number of nitrogens with zero attached hydrogens (tertiary/aromatic N) is 3. The molecule has 0 unspecified atom stereocenters. The molecule has 0 saturated heterocycles. The van der Waals surface area contributed by atoms with Gasteiger partial charge in [0.1, 0.15) is 17.9 Å². The van der Waals surface area contributed by atoms with Gasteiger partial charge in [0.25, 0.3) is 0 Å². The number of methoxy groups -OCH3 is 1. The maximum atomic E-state index is 9.74. The van der Waals surface area contributed by atoms with Gasteiger partial charge in [-0.1, -0.05) is 6.07 Å². The van der Waals surface area contributed by atoms with Crippen molar-refractivity contribution in [2.45, 2.75) is 37.8 Å². The number of nitrogens with one attached hydrogen (secondary N) is 2. The zero-order valence-electron chi connectivity index (χ0n) is 16.6. The third-order valence-electron chi connectivity index (χ3n) is 5.50. The van der Waals surface area contributed by atoms with Gasteiger partial charge in [0, 0.05) is 42.9 Å². The number of rotatable bonds is 7. The van der Waals surface area contributed by atoms with Crippen molar-refractivity contribution in [1.29, 1.82) is 0 Å². The minimum atomic E-state index is 0.154. The lowest BCUT2D eigenvalue weighted by Crippen LogP contribution is -2.38. The minimum absolute atomic E-state index is 0.154. The molecule has 152 valence electrons. The second kappa shape index (κ2) is 9.15. The quantitative estimate of drug-likeness (QED) is 0.530. The Kier molecular flexibility index (Phi) is 6.17. The molecule has 4 rings (SSSR count). The van der Waals surface area contributed by atoms with E-state index in [1.54, 1.807) is 25.7 Å². The third kappa shape index (κ3) is 4.81. The first-order valence-electron chi connectivity index (χ1n) is 10.1. The van der Waals surface area contributed by atoms with Crippen molar-refractivity contribution in [3.63, 3.8) is 0 Å². The summed E-state index contributed by atoms with van der Waals surface area (Å²) in [5.41, 5.74) is 2.74. The number of fused-ring (bicyclic) bond motifs is 1. The summed E-state index contributed by atoms with van der Waals surface area (Å²) in [7, 11) is 1.73. The van der Waals surface area contributed by atoms with Gasteiger partial charge in [-0.15, -0.1) is 0 Å². The van der Waals surface area contributed by atoms with Crippen LogP contribution in [-0.4, -0.2) is 52.4 Å². The molecule has 2 aromatic heterocycles. The zero-order chi connectivity index (χ0) is 20.1. The van der Waals surface area contributed by atoms with Crippen LogP contribution in [0.4, 0.5) is 5.82 Å². The van der Waals surface area contributed by atoms with Gasteiger partial charge < -0.3 is 20.5 Å². The maximum absolute atomic E-state index is 9.74. The normalized spacial score (nSPS) is 19.3. The standard InChI is InChI=1S/C22H27N5O2/c1-29-9-8-24-17-3-5-18(6-4-17)27-22-20-11-15(2-7-21(20)25-14-26-22)16-10-19(28)13-23-12-16/h2,7,10-14,17-18,24,28H,3-6,8-9H2,1H3,(H,25,26,27)/t17-,18-. The Labute approximate surface area is 170 Å². The fraction of sp³-hybridized carbons (Fsp3) is 0.409. The number of hydrogen-bond donors (Lipinski definition) is 3. The van der Waals surface area contributed by atoms with E-state index in [0.29, 0.717) is 12.1 Å². The first-order valence-corrected chi connectivity index (χ1v) is 10.1. The average Bonchev–Trinajstić information content (AvgIpc) is 2.75.